The lowest BCUT2D eigenvalue weighted by Crippen LogP contribution is -2.30. The fraction of sp³-hybridized carbons (Fsp3) is 0.738. The Morgan fingerprint density at radius 1 is 0.364 bits per heavy atom. The molecule has 0 aromatic rings. The number of hydrogen-bond acceptors (Lipinski definition) is 5. The summed E-state index contributed by atoms with van der Waals surface area (Å²) in [5.41, 5.74) is 0. The van der Waals surface area contributed by atoms with Crippen LogP contribution in [0.5, 0.6) is 0 Å². The van der Waals surface area contributed by atoms with Crippen molar-refractivity contribution in [3.63, 3.8) is 0 Å². The minimum Gasteiger partial charge on any atom is -0.461 e. The first kappa shape index (κ1) is 63.1. The van der Waals surface area contributed by atoms with E-state index in [0.717, 1.165) is 64.2 Å². The predicted octanol–water partition coefficient (Wildman–Crippen LogP) is 19.2. The summed E-state index contributed by atoms with van der Waals surface area (Å²) in [7, 11) is 0. The summed E-state index contributed by atoms with van der Waals surface area (Å²) in [6.07, 6.45) is 74.8. The van der Waals surface area contributed by atoms with Crippen molar-refractivity contribution in [2.75, 3.05) is 19.8 Å². The van der Waals surface area contributed by atoms with Crippen LogP contribution in [0.25, 0.3) is 0 Å². The average Bonchev–Trinajstić information content (AvgIpc) is 3.32. The Labute approximate surface area is 409 Å². The van der Waals surface area contributed by atoms with Gasteiger partial charge in [0.15, 0.2) is 6.10 Å². The molecule has 0 aliphatic rings. The van der Waals surface area contributed by atoms with Crippen LogP contribution in [0.3, 0.4) is 0 Å². The zero-order valence-corrected chi connectivity index (χ0v) is 43.7. The van der Waals surface area contributed by atoms with E-state index in [1.165, 1.54) is 167 Å². The molecule has 0 N–H and O–H groups in total. The van der Waals surface area contributed by atoms with Crippen molar-refractivity contribution in [3.05, 3.63) is 85.1 Å². The van der Waals surface area contributed by atoms with Crippen LogP contribution in [0.1, 0.15) is 265 Å². The van der Waals surface area contributed by atoms with E-state index in [9.17, 15) is 9.59 Å². The van der Waals surface area contributed by atoms with Crippen molar-refractivity contribution < 1.29 is 23.8 Å². The van der Waals surface area contributed by atoms with E-state index < -0.39 is 6.10 Å². The molecule has 0 aromatic heterocycles. The lowest BCUT2D eigenvalue weighted by atomic mass is 10.0. The maximum absolute atomic E-state index is 12.8. The maximum atomic E-state index is 12.8. The summed E-state index contributed by atoms with van der Waals surface area (Å²) in [4.78, 5) is 25.4. The zero-order valence-electron chi connectivity index (χ0n) is 43.7. The summed E-state index contributed by atoms with van der Waals surface area (Å²) in [5, 5.41) is 0. The van der Waals surface area contributed by atoms with Gasteiger partial charge in [-0.15, -0.1) is 0 Å². The third-order valence-corrected chi connectivity index (χ3v) is 11.9. The van der Waals surface area contributed by atoms with Gasteiger partial charge >= 0.3 is 11.9 Å². The molecule has 0 spiro atoms. The molecular formula is C61H106O5. The third-order valence-electron chi connectivity index (χ3n) is 11.9. The SMILES string of the molecule is CC/C=C\C/C=C\C/C=C\C/C=C\C/C=C\CC(=O)OCC(COCCCCCCCCCCCC/C=C\C/C=C\CCCCC)OC(=O)CCCCCCCCCCCCCCCCC. The summed E-state index contributed by atoms with van der Waals surface area (Å²) in [5.74, 6) is -0.538. The van der Waals surface area contributed by atoms with Gasteiger partial charge in [-0.3, -0.25) is 9.59 Å². The molecule has 0 aliphatic carbocycles. The molecule has 380 valence electrons. The Kier molecular flexibility index (Phi) is 53.9. The highest BCUT2D eigenvalue weighted by Gasteiger charge is 2.17. The minimum atomic E-state index is -0.579. The minimum absolute atomic E-state index is 0.0295. The Morgan fingerprint density at radius 3 is 1.20 bits per heavy atom. The Bertz CT molecular complexity index is 1220. The second-order valence-electron chi connectivity index (χ2n) is 18.5. The van der Waals surface area contributed by atoms with E-state index in [0.29, 0.717) is 13.0 Å². The van der Waals surface area contributed by atoms with E-state index in [2.05, 4.69) is 93.7 Å². The predicted molar refractivity (Wildman–Crippen MR) is 288 cm³/mol. The van der Waals surface area contributed by atoms with Crippen LogP contribution < -0.4 is 0 Å². The van der Waals surface area contributed by atoms with Gasteiger partial charge in [0.2, 0.25) is 0 Å². The first-order valence-corrected chi connectivity index (χ1v) is 28.1. The highest BCUT2D eigenvalue weighted by atomic mass is 16.6. The second kappa shape index (κ2) is 56.4. The number of ether oxygens (including phenoxy) is 3. The lowest BCUT2D eigenvalue weighted by molar-refractivity contribution is -0.162. The van der Waals surface area contributed by atoms with Gasteiger partial charge in [0, 0.05) is 13.0 Å². The highest BCUT2D eigenvalue weighted by molar-refractivity contribution is 5.71. The van der Waals surface area contributed by atoms with Crippen LogP contribution in [-0.2, 0) is 23.8 Å². The quantitative estimate of drug-likeness (QED) is 0.0346. The maximum Gasteiger partial charge on any atom is 0.309 e. The van der Waals surface area contributed by atoms with E-state index in [-0.39, 0.29) is 31.6 Å². The molecule has 66 heavy (non-hydrogen) atoms. The zero-order chi connectivity index (χ0) is 47.7. The topological polar surface area (TPSA) is 61.8 Å². The number of carbonyl (C=O) groups is 2. The molecule has 1 atom stereocenters. The molecule has 0 amide bonds. The molecular weight excluding hydrogens is 813 g/mol. The van der Waals surface area contributed by atoms with Gasteiger partial charge < -0.3 is 14.2 Å². The molecule has 5 heteroatoms. The van der Waals surface area contributed by atoms with Gasteiger partial charge in [-0.1, -0.05) is 260 Å². The van der Waals surface area contributed by atoms with Crippen LogP contribution in [0, 0.1) is 0 Å². The largest absolute Gasteiger partial charge is 0.461 e. The van der Waals surface area contributed by atoms with Crippen molar-refractivity contribution in [1.29, 1.82) is 0 Å². The number of rotatable bonds is 51. The molecule has 0 aliphatic heterocycles. The van der Waals surface area contributed by atoms with E-state index in [1.807, 2.05) is 12.2 Å². The molecule has 1 unspecified atom stereocenters. The summed E-state index contributed by atoms with van der Waals surface area (Å²) < 4.78 is 17.4. The average molecular weight is 920 g/mol. The molecule has 0 saturated heterocycles. The monoisotopic (exact) mass is 919 g/mol. The third kappa shape index (κ3) is 53.7. The first-order chi connectivity index (χ1) is 32.6. The number of allylic oxidation sites excluding steroid dienone is 13. The molecule has 0 saturated carbocycles. The van der Waals surface area contributed by atoms with Crippen LogP contribution in [0.15, 0.2) is 85.1 Å². The summed E-state index contributed by atoms with van der Waals surface area (Å²) in [6.45, 7) is 7.60. The van der Waals surface area contributed by atoms with E-state index in [4.69, 9.17) is 14.2 Å². The van der Waals surface area contributed by atoms with Gasteiger partial charge in [-0.2, -0.15) is 0 Å². The Morgan fingerprint density at radius 2 is 0.727 bits per heavy atom. The second-order valence-corrected chi connectivity index (χ2v) is 18.5. The van der Waals surface area contributed by atoms with Crippen LogP contribution >= 0.6 is 0 Å². The molecule has 0 rings (SSSR count). The van der Waals surface area contributed by atoms with Crippen LogP contribution in [0.4, 0.5) is 0 Å². The van der Waals surface area contributed by atoms with Gasteiger partial charge in [0.1, 0.15) is 6.61 Å². The molecule has 0 bridgehead atoms. The normalized spacial score (nSPS) is 12.8. The van der Waals surface area contributed by atoms with Crippen molar-refractivity contribution in [2.24, 2.45) is 0 Å². The first-order valence-electron chi connectivity index (χ1n) is 28.1. The van der Waals surface area contributed by atoms with Gasteiger partial charge in [-0.25, -0.2) is 0 Å². The number of esters is 2. The fourth-order valence-corrected chi connectivity index (χ4v) is 7.79. The number of carbonyl (C=O) groups excluding carboxylic acids is 2. The van der Waals surface area contributed by atoms with Crippen molar-refractivity contribution >= 4 is 11.9 Å². The van der Waals surface area contributed by atoms with Crippen LogP contribution in [-0.4, -0.2) is 37.9 Å². The van der Waals surface area contributed by atoms with Crippen molar-refractivity contribution in [1.82, 2.24) is 0 Å². The van der Waals surface area contributed by atoms with Crippen molar-refractivity contribution in [2.45, 2.75) is 271 Å². The standard InChI is InChI=1S/C61H106O5/c1-4-7-10-13-16-19-22-25-28-29-30-31-32-35-38-41-44-47-50-53-56-64-57-59(66-61(63)55-52-49-46-43-40-37-34-27-24-21-18-15-12-9-6-3)58-65-60(62)54-51-48-45-42-39-36-33-26-23-20-17-14-11-8-5-2/h8,11,16-17,19-20,25-26,28,33,39,42,48,51,59H,4-7,9-10,12-15,18,21-24,27,29-32,34-38,40-41,43-47,49-50,52-58H2,1-3H3/b11-8-,19-16-,20-17-,28-25-,33-26-,42-39-,51-48-. The smallest absolute Gasteiger partial charge is 0.309 e. The van der Waals surface area contributed by atoms with Crippen LogP contribution in [0.2, 0.25) is 0 Å². The molecule has 0 heterocycles. The van der Waals surface area contributed by atoms with Gasteiger partial charge in [0.25, 0.3) is 0 Å². The fourth-order valence-electron chi connectivity index (χ4n) is 7.79. The number of hydrogen-bond donors (Lipinski definition) is 0. The Balaban J connectivity index is 4.35. The van der Waals surface area contributed by atoms with E-state index >= 15 is 0 Å². The van der Waals surface area contributed by atoms with Crippen molar-refractivity contribution in [3.8, 4) is 0 Å². The molecule has 0 aromatic carbocycles. The Hall–Kier alpha value is -2.92. The van der Waals surface area contributed by atoms with E-state index in [1.54, 1.807) is 0 Å². The highest BCUT2D eigenvalue weighted by Crippen LogP contribution is 2.15. The molecule has 0 radical (unpaired) electrons. The molecule has 0 fully saturated rings. The summed E-state index contributed by atoms with van der Waals surface area (Å²) >= 11 is 0. The molecule has 5 nitrogen and oxygen atoms in total. The summed E-state index contributed by atoms with van der Waals surface area (Å²) in [6, 6.07) is 0. The number of unbranched alkanes of at least 4 members (excludes halogenated alkanes) is 27. The van der Waals surface area contributed by atoms with Gasteiger partial charge in [0.05, 0.1) is 13.0 Å². The lowest BCUT2D eigenvalue weighted by Gasteiger charge is -2.18. The van der Waals surface area contributed by atoms with Gasteiger partial charge in [-0.05, 0) is 77.0 Å².